The Morgan fingerprint density at radius 3 is 2.38 bits per heavy atom. The Morgan fingerprint density at radius 2 is 1.72 bits per heavy atom. The van der Waals surface area contributed by atoms with Crippen LogP contribution in [0.2, 0.25) is 0 Å². The molecular formula is C27H29FN2O2. The van der Waals surface area contributed by atoms with Gasteiger partial charge in [-0.05, 0) is 61.7 Å². The lowest BCUT2D eigenvalue weighted by molar-refractivity contribution is 0.0958. The number of hydrogen-bond donors (Lipinski definition) is 0. The molecule has 0 bridgehead atoms. The van der Waals surface area contributed by atoms with Crippen LogP contribution in [-0.4, -0.2) is 37.0 Å². The number of benzene rings is 3. The van der Waals surface area contributed by atoms with Crippen LogP contribution in [0, 0.1) is 12.7 Å². The Bertz CT molecular complexity index is 1040. The number of amides is 1. The number of carbonyl (C=O) groups excluding carboxylic acids is 1. The molecule has 1 aliphatic heterocycles. The fraction of sp³-hybridized carbons (Fsp3) is 0.296. The summed E-state index contributed by atoms with van der Waals surface area (Å²) in [5.74, 6) is 0.532. The molecule has 0 aromatic heterocycles. The molecule has 1 saturated heterocycles. The number of nitrogens with zero attached hydrogens (tertiary/aromatic N) is 2. The Morgan fingerprint density at radius 1 is 1.03 bits per heavy atom. The van der Waals surface area contributed by atoms with Crippen LogP contribution in [0.1, 0.15) is 34.3 Å². The van der Waals surface area contributed by atoms with Crippen molar-refractivity contribution in [1.82, 2.24) is 4.90 Å². The summed E-state index contributed by atoms with van der Waals surface area (Å²) in [5.41, 5.74) is 3.77. The van der Waals surface area contributed by atoms with Gasteiger partial charge in [-0.1, -0.05) is 35.9 Å². The summed E-state index contributed by atoms with van der Waals surface area (Å²) in [6.07, 6.45) is 1.74. The average molecular weight is 433 g/mol. The van der Waals surface area contributed by atoms with Gasteiger partial charge in [-0.25, -0.2) is 4.39 Å². The first-order chi connectivity index (χ1) is 15.5. The van der Waals surface area contributed by atoms with E-state index in [1.165, 1.54) is 12.1 Å². The molecule has 3 aromatic rings. The van der Waals surface area contributed by atoms with E-state index in [2.05, 4.69) is 4.90 Å². The standard InChI is InChI=1S/C27H29FN2O2/c1-20-6-10-22(11-7-20)27(31)30(25-4-3-5-26(18-25)32-2)24-14-16-29(17-15-24)19-21-8-12-23(28)13-9-21/h3-13,18,24H,14-17,19H2,1-2H3. The molecule has 4 rings (SSSR count). The van der Waals surface area contributed by atoms with Crippen molar-refractivity contribution in [1.29, 1.82) is 0 Å². The number of piperidine rings is 1. The number of carbonyl (C=O) groups is 1. The summed E-state index contributed by atoms with van der Waals surface area (Å²) in [7, 11) is 1.64. The predicted octanol–water partition coefficient (Wildman–Crippen LogP) is 5.45. The monoisotopic (exact) mass is 432 g/mol. The van der Waals surface area contributed by atoms with E-state index in [0.29, 0.717) is 5.56 Å². The van der Waals surface area contributed by atoms with Crippen LogP contribution in [0.4, 0.5) is 10.1 Å². The quantitative estimate of drug-likeness (QED) is 0.519. The highest BCUT2D eigenvalue weighted by Gasteiger charge is 2.30. The predicted molar refractivity (Wildman–Crippen MR) is 126 cm³/mol. The van der Waals surface area contributed by atoms with Crippen molar-refractivity contribution in [3.8, 4) is 5.75 Å². The number of ether oxygens (including phenoxy) is 1. The number of halogens is 1. The zero-order valence-electron chi connectivity index (χ0n) is 18.6. The molecule has 4 nitrogen and oxygen atoms in total. The zero-order valence-corrected chi connectivity index (χ0v) is 18.6. The molecule has 0 saturated carbocycles. The highest BCUT2D eigenvalue weighted by molar-refractivity contribution is 6.06. The van der Waals surface area contributed by atoms with Gasteiger partial charge in [0.25, 0.3) is 5.91 Å². The van der Waals surface area contributed by atoms with Crippen molar-refractivity contribution in [3.63, 3.8) is 0 Å². The lowest BCUT2D eigenvalue weighted by Crippen LogP contribution is -2.47. The minimum absolute atomic E-state index is 0.00948. The van der Waals surface area contributed by atoms with E-state index in [1.54, 1.807) is 7.11 Å². The third-order valence-corrected chi connectivity index (χ3v) is 6.09. The summed E-state index contributed by atoms with van der Waals surface area (Å²) >= 11 is 0. The molecule has 0 aliphatic carbocycles. The van der Waals surface area contributed by atoms with E-state index in [0.717, 1.165) is 55.0 Å². The van der Waals surface area contributed by atoms with Gasteiger partial charge in [-0.2, -0.15) is 0 Å². The van der Waals surface area contributed by atoms with Gasteiger partial charge in [0.15, 0.2) is 0 Å². The van der Waals surface area contributed by atoms with Gasteiger partial charge < -0.3 is 9.64 Å². The molecule has 1 heterocycles. The molecule has 1 fully saturated rings. The largest absolute Gasteiger partial charge is 0.497 e. The molecule has 3 aromatic carbocycles. The Kier molecular flexibility index (Phi) is 6.86. The minimum atomic E-state index is -0.212. The van der Waals surface area contributed by atoms with Crippen molar-refractivity contribution in [3.05, 3.63) is 95.3 Å². The van der Waals surface area contributed by atoms with Crippen LogP contribution in [0.15, 0.2) is 72.8 Å². The Balaban J connectivity index is 1.53. The van der Waals surface area contributed by atoms with Gasteiger partial charge in [0.1, 0.15) is 11.6 Å². The molecule has 0 radical (unpaired) electrons. The smallest absolute Gasteiger partial charge is 0.258 e. The van der Waals surface area contributed by atoms with Crippen LogP contribution in [0.3, 0.4) is 0 Å². The number of aryl methyl sites for hydroxylation is 1. The molecule has 1 amide bonds. The van der Waals surface area contributed by atoms with Crippen LogP contribution in [-0.2, 0) is 6.54 Å². The van der Waals surface area contributed by atoms with Gasteiger partial charge >= 0.3 is 0 Å². The fourth-order valence-corrected chi connectivity index (χ4v) is 4.27. The minimum Gasteiger partial charge on any atom is -0.497 e. The number of rotatable bonds is 6. The van der Waals surface area contributed by atoms with Crippen LogP contribution in [0.5, 0.6) is 5.75 Å². The second-order valence-corrected chi connectivity index (χ2v) is 8.38. The summed E-state index contributed by atoms with van der Waals surface area (Å²) in [6, 6.07) is 22.2. The second kappa shape index (κ2) is 9.96. The summed E-state index contributed by atoms with van der Waals surface area (Å²) in [6.45, 7) is 4.57. The third kappa shape index (κ3) is 5.17. The third-order valence-electron chi connectivity index (χ3n) is 6.09. The molecule has 5 heteroatoms. The van der Waals surface area contributed by atoms with Gasteiger partial charge in [0, 0.05) is 43.0 Å². The average Bonchev–Trinajstić information content (AvgIpc) is 2.82. The number of hydrogen-bond acceptors (Lipinski definition) is 3. The van der Waals surface area contributed by atoms with Crippen molar-refractivity contribution in [2.75, 3.05) is 25.1 Å². The second-order valence-electron chi connectivity index (χ2n) is 8.38. The van der Waals surface area contributed by atoms with Crippen LogP contribution >= 0.6 is 0 Å². The lowest BCUT2D eigenvalue weighted by Gasteiger charge is -2.38. The maximum absolute atomic E-state index is 13.6. The van der Waals surface area contributed by atoms with E-state index in [1.807, 2.05) is 72.5 Å². The SMILES string of the molecule is COc1cccc(N(C(=O)c2ccc(C)cc2)C2CCN(Cc3ccc(F)cc3)CC2)c1. The lowest BCUT2D eigenvalue weighted by atomic mass is 10.00. The number of likely N-dealkylation sites (tertiary alicyclic amines) is 1. The fourth-order valence-electron chi connectivity index (χ4n) is 4.27. The first kappa shape index (κ1) is 22.0. The van der Waals surface area contributed by atoms with E-state index in [4.69, 9.17) is 4.74 Å². The first-order valence-electron chi connectivity index (χ1n) is 11.0. The molecule has 32 heavy (non-hydrogen) atoms. The molecule has 0 unspecified atom stereocenters. The van der Waals surface area contributed by atoms with Gasteiger partial charge in [0.2, 0.25) is 0 Å². The topological polar surface area (TPSA) is 32.8 Å². The summed E-state index contributed by atoms with van der Waals surface area (Å²) in [4.78, 5) is 17.9. The normalized spacial score (nSPS) is 14.8. The Labute approximate surface area is 189 Å². The van der Waals surface area contributed by atoms with Crippen molar-refractivity contribution >= 4 is 11.6 Å². The van der Waals surface area contributed by atoms with Gasteiger partial charge in [-0.3, -0.25) is 9.69 Å². The van der Waals surface area contributed by atoms with Crippen molar-refractivity contribution in [2.24, 2.45) is 0 Å². The summed E-state index contributed by atoms with van der Waals surface area (Å²) in [5, 5.41) is 0. The van der Waals surface area contributed by atoms with E-state index in [-0.39, 0.29) is 17.8 Å². The molecule has 0 N–H and O–H groups in total. The highest BCUT2D eigenvalue weighted by atomic mass is 19.1. The molecular weight excluding hydrogens is 403 g/mol. The van der Waals surface area contributed by atoms with E-state index in [9.17, 15) is 9.18 Å². The Hall–Kier alpha value is -3.18. The van der Waals surface area contributed by atoms with Gasteiger partial charge in [-0.15, -0.1) is 0 Å². The van der Waals surface area contributed by atoms with E-state index >= 15 is 0 Å². The number of methoxy groups -OCH3 is 1. The highest BCUT2D eigenvalue weighted by Crippen LogP contribution is 2.29. The van der Waals surface area contributed by atoms with E-state index < -0.39 is 0 Å². The van der Waals surface area contributed by atoms with Crippen LogP contribution < -0.4 is 9.64 Å². The van der Waals surface area contributed by atoms with Crippen LogP contribution in [0.25, 0.3) is 0 Å². The molecule has 0 spiro atoms. The van der Waals surface area contributed by atoms with Gasteiger partial charge in [0.05, 0.1) is 7.11 Å². The molecule has 166 valence electrons. The first-order valence-corrected chi connectivity index (χ1v) is 11.0. The summed E-state index contributed by atoms with van der Waals surface area (Å²) < 4.78 is 18.6. The molecule has 0 atom stereocenters. The number of anilines is 1. The van der Waals surface area contributed by atoms with Crippen molar-refractivity contribution in [2.45, 2.75) is 32.4 Å². The van der Waals surface area contributed by atoms with Crippen molar-refractivity contribution < 1.29 is 13.9 Å². The zero-order chi connectivity index (χ0) is 22.5. The molecule has 1 aliphatic rings. The maximum atomic E-state index is 13.6. The maximum Gasteiger partial charge on any atom is 0.258 e.